The molecule has 0 aromatic heterocycles. The van der Waals surface area contributed by atoms with Crippen LogP contribution in [-0.4, -0.2) is 7.05 Å². The highest BCUT2D eigenvalue weighted by molar-refractivity contribution is 5.30. The SMILES string of the molecule is CNCc1cccc(COc2cc(C)ccc2F)c1. The first-order valence-electron chi connectivity index (χ1n) is 6.30. The van der Waals surface area contributed by atoms with Crippen molar-refractivity contribution in [3.05, 3.63) is 65.0 Å². The maximum absolute atomic E-state index is 13.5. The summed E-state index contributed by atoms with van der Waals surface area (Å²) in [4.78, 5) is 0. The zero-order valence-electron chi connectivity index (χ0n) is 11.2. The third kappa shape index (κ3) is 3.80. The Morgan fingerprint density at radius 2 is 1.89 bits per heavy atom. The molecule has 2 aromatic carbocycles. The van der Waals surface area contributed by atoms with E-state index in [1.54, 1.807) is 12.1 Å². The molecule has 0 heterocycles. The summed E-state index contributed by atoms with van der Waals surface area (Å²) in [5, 5.41) is 3.10. The molecule has 2 rings (SSSR count). The number of hydrogen-bond donors (Lipinski definition) is 1. The smallest absolute Gasteiger partial charge is 0.165 e. The molecule has 0 bridgehead atoms. The van der Waals surface area contributed by atoms with Crippen LogP contribution in [0, 0.1) is 12.7 Å². The normalized spacial score (nSPS) is 10.5. The highest BCUT2D eigenvalue weighted by atomic mass is 19.1. The van der Waals surface area contributed by atoms with E-state index in [0.29, 0.717) is 12.4 Å². The summed E-state index contributed by atoms with van der Waals surface area (Å²) < 4.78 is 19.1. The van der Waals surface area contributed by atoms with Gasteiger partial charge in [-0.05, 0) is 42.8 Å². The van der Waals surface area contributed by atoms with E-state index >= 15 is 0 Å². The average molecular weight is 259 g/mol. The topological polar surface area (TPSA) is 21.3 Å². The summed E-state index contributed by atoms with van der Waals surface area (Å²) in [6.07, 6.45) is 0. The summed E-state index contributed by atoms with van der Waals surface area (Å²) in [6, 6.07) is 13.0. The lowest BCUT2D eigenvalue weighted by molar-refractivity contribution is 0.290. The van der Waals surface area contributed by atoms with Crippen molar-refractivity contribution < 1.29 is 9.13 Å². The van der Waals surface area contributed by atoms with Crippen LogP contribution in [0.4, 0.5) is 4.39 Å². The second kappa shape index (κ2) is 6.34. The van der Waals surface area contributed by atoms with Crippen LogP contribution >= 0.6 is 0 Å². The molecule has 0 aliphatic rings. The van der Waals surface area contributed by atoms with Gasteiger partial charge in [-0.1, -0.05) is 30.3 Å². The van der Waals surface area contributed by atoms with Crippen LogP contribution in [0.3, 0.4) is 0 Å². The van der Waals surface area contributed by atoms with Gasteiger partial charge in [0.05, 0.1) is 0 Å². The molecule has 0 saturated carbocycles. The first kappa shape index (κ1) is 13.6. The van der Waals surface area contributed by atoms with Gasteiger partial charge in [0.2, 0.25) is 0 Å². The number of rotatable bonds is 5. The highest BCUT2D eigenvalue weighted by Crippen LogP contribution is 2.19. The molecule has 0 spiro atoms. The van der Waals surface area contributed by atoms with Crippen LogP contribution in [0.5, 0.6) is 5.75 Å². The molecule has 2 aromatic rings. The van der Waals surface area contributed by atoms with Crippen LogP contribution < -0.4 is 10.1 Å². The zero-order valence-corrected chi connectivity index (χ0v) is 11.2. The molecule has 0 aliphatic heterocycles. The van der Waals surface area contributed by atoms with Gasteiger partial charge in [0.15, 0.2) is 11.6 Å². The third-order valence-electron chi connectivity index (χ3n) is 2.85. The van der Waals surface area contributed by atoms with Gasteiger partial charge in [0.1, 0.15) is 6.61 Å². The maximum Gasteiger partial charge on any atom is 0.165 e. The van der Waals surface area contributed by atoms with Gasteiger partial charge in [0.25, 0.3) is 0 Å². The van der Waals surface area contributed by atoms with Crippen LogP contribution in [-0.2, 0) is 13.2 Å². The Bertz CT molecular complexity index is 554. The van der Waals surface area contributed by atoms with Crippen LogP contribution in [0.15, 0.2) is 42.5 Å². The molecule has 0 amide bonds. The van der Waals surface area contributed by atoms with Crippen molar-refractivity contribution in [2.45, 2.75) is 20.1 Å². The lowest BCUT2D eigenvalue weighted by Gasteiger charge is -2.09. The van der Waals surface area contributed by atoms with Crippen LogP contribution in [0.1, 0.15) is 16.7 Å². The fourth-order valence-corrected chi connectivity index (χ4v) is 1.92. The van der Waals surface area contributed by atoms with Crippen LogP contribution in [0.25, 0.3) is 0 Å². The zero-order chi connectivity index (χ0) is 13.7. The molecule has 0 atom stereocenters. The summed E-state index contributed by atoms with van der Waals surface area (Å²) in [5.41, 5.74) is 3.21. The van der Waals surface area contributed by atoms with E-state index in [1.165, 1.54) is 11.6 Å². The fraction of sp³-hybridized carbons (Fsp3) is 0.250. The molecular formula is C16H18FNO. The largest absolute Gasteiger partial charge is 0.486 e. The Labute approximate surface area is 113 Å². The van der Waals surface area contributed by atoms with Crippen molar-refractivity contribution in [2.24, 2.45) is 0 Å². The molecule has 0 saturated heterocycles. The number of halogens is 1. The lowest BCUT2D eigenvalue weighted by atomic mass is 10.1. The van der Waals surface area contributed by atoms with Crippen molar-refractivity contribution >= 4 is 0 Å². The Morgan fingerprint density at radius 1 is 1.11 bits per heavy atom. The summed E-state index contributed by atoms with van der Waals surface area (Å²) in [7, 11) is 1.91. The van der Waals surface area contributed by atoms with Crippen molar-refractivity contribution in [1.29, 1.82) is 0 Å². The molecular weight excluding hydrogens is 241 g/mol. The van der Waals surface area contributed by atoms with Gasteiger partial charge >= 0.3 is 0 Å². The Kier molecular flexibility index (Phi) is 4.53. The predicted octanol–water partition coefficient (Wildman–Crippen LogP) is 3.43. The predicted molar refractivity (Wildman–Crippen MR) is 74.7 cm³/mol. The van der Waals surface area contributed by atoms with E-state index in [2.05, 4.69) is 11.4 Å². The van der Waals surface area contributed by atoms with Gasteiger partial charge in [0, 0.05) is 6.54 Å². The Morgan fingerprint density at radius 3 is 2.68 bits per heavy atom. The highest BCUT2D eigenvalue weighted by Gasteiger charge is 2.04. The average Bonchev–Trinajstić information content (AvgIpc) is 2.41. The fourth-order valence-electron chi connectivity index (χ4n) is 1.92. The lowest BCUT2D eigenvalue weighted by Crippen LogP contribution is -2.06. The third-order valence-corrected chi connectivity index (χ3v) is 2.85. The van der Waals surface area contributed by atoms with Gasteiger partial charge in [-0.25, -0.2) is 4.39 Å². The molecule has 2 nitrogen and oxygen atoms in total. The molecule has 1 N–H and O–H groups in total. The summed E-state index contributed by atoms with van der Waals surface area (Å²) >= 11 is 0. The molecule has 0 unspecified atom stereocenters. The van der Waals surface area contributed by atoms with E-state index < -0.39 is 0 Å². The molecule has 100 valence electrons. The molecule has 0 fully saturated rings. The van der Waals surface area contributed by atoms with Crippen molar-refractivity contribution in [3.8, 4) is 5.75 Å². The quantitative estimate of drug-likeness (QED) is 0.888. The van der Waals surface area contributed by atoms with Gasteiger partial charge in [-0.15, -0.1) is 0 Å². The first-order chi connectivity index (χ1) is 9.19. The second-order valence-corrected chi connectivity index (χ2v) is 4.57. The minimum atomic E-state index is -0.322. The van der Waals surface area contributed by atoms with Crippen molar-refractivity contribution in [1.82, 2.24) is 5.32 Å². The number of aryl methyl sites for hydroxylation is 1. The Hall–Kier alpha value is -1.87. The summed E-state index contributed by atoms with van der Waals surface area (Å²) in [6.45, 7) is 3.10. The molecule has 3 heteroatoms. The van der Waals surface area contributed by atoms with E-state index in [9.17, 15) is 4.39 Å². The second-order valence-electron chi connectivity index (χ2n) is 4.57. The van der Waals surface area contributed by atoms with E-state index in [4.69, 9.17) is 4.74 Å². The van der Waals surface area contributed by atoms with Crippen molar-refractivity contribution in [3.63, 3.8) is 0 Å². The van der Waals surface area contributed by atoms with Gasteiger partial charge in [-0.2, -0.15) is 0 Å². The van der Waals surface area contributed by atoms with E-state index in [1.807, 2.05) is 32.2 Å². The van der Waals surface area contributed by atoms with Gasteiger partial charge < -0.3 is 10.1 Å². The molecule has 0 radical (unpaired) electrons. The summed E-state index contributed by atoms with van der Waals surface area (Å²) in [5.74, 6) is -0.0176. The monoisotopic (exact) mass is 259 g/mol. The van der Waals surface area contributed by atoms with Crippen LogP contribution in [0.2, 0.25) is 0 Å². The number of nitrogens with one attached hydrogen (secondary N) is 1. The maximum atomic E-state index is 13.5. The van der Waals surface area contributed by atoms with E-state index in [-0.39, 0.29) is 5.82 Å². The minimum absolute atomic E-state index is 0.305. The van der Waals surface area contributed by atoms with Crippen molar-refractivity contribution in [2.75, 3.05) is 7.05 Å². The number of hydrogen-bond acceptors (Lipinski definition) is 2. The Balaban J connectivity index is 2.05. The van der Waals surface area contributed by atoms with Gasteiger partial charge in [-0.3, -0.25) is 0 Å². The number of benzene rings is 2. The molecule has 19 heavy (non-hydrogen) atoms. The standard InChI is InChI=1S/C16H18FNO/c1-12-6-7-15(17)16(8-12)19-11-14-5-3-4-13(9-14)10-18-2/h3-9,18H,10-11H2,1-2H3. The first-order valence-corrected chi connectivity index (χ1v) is 6.30. The number of ether oxygens (including phenoxy) is 1. The minimum Gasteiger partial charge on any atom is -0.486 e. The molecule has 0 aliphatic carbocycles. The van der Waals surface area contributed by atoms with E-state index in [0.717, 1.165) is 17.7 Å².